The molecule has 1 aliphatic carbocycles. The molecule has 0 aliphatic heterocycles. The molecule has 1 aromatic heterocycles. The summed E-state index contributed by atoms with van der Waals surface area (Å²) in [6.45, 7) is 2.21. The van der Waals surface area contributed by atoms with Gasteiger partial charge in [-0.25, -0.2) is 0 Å². The van der Waals surface area contributed by atoms with Crippen molar-refractivity contribution in [3.8, 4) is 0 Å². The Labute approximate surface area is 123 Å². The summed E-state index contributed by atoms with van der Waals surface area (Å²) < 4.78 is 13.1. The summed E-state index contributed by atoms with van der Waals surface area (Å²) in [5.74, 6) is 0.834. The summed E-state index contributed by atoms with van der Waals surface area (Å²) in [6.07, 6.45) is 4.40. The van der Waals surface area contributed by atoms with Gasteiger partial charge in [-0.05, 0) is 46.1 Å². The lowest BCUT2D eigenvalue weighted by atomic mass is 9.91. The van der Waals surface area contributed by atoms with Crippen LogP contribution in [0.15, 0.2) is 15.9 Å². The summed E-state index contributed by atoms with van der Waals surface area (Å²) in [5.41, 5.74) is 0. The lowest BCUT2D eigenvalue weighted by Crippen LogP contribution is -2.27. The van der Waals surface area contributed by atoms with Gasteiger partial charge in [-0.1, -0.05) is 19.8 Å². The van der Waals surface area contributed by atoms with E-state index < -0.39 is 10.8 Å². The van der Waals surface area contributed by atoms with Crippen LogP contribution in [-0.4, -0.2) is 21.0 Å². The molecule has 100 valence electrons. The van der Waals surface area contributed by atoms with Gasteiger partial charge < -0.3 is 0 Å². The topological polar surface area (TPSA) is 34.1 Å². The van der Waals surface area contributed by atoms with E-state index in [1.54, 1.807) is 0 Å². The molecule has 18 heavy (non-hydrogen) atoms. The summed E-state index contributed by atoms with van der Waals surface area (Å²) in [5, 5.41) is 2.10. The maximum absolute atomic E-state index is 12.2. The predicted octanol–water partition coefficient (Wildman–Crippen LogP) is 4.02. The molecule has 3 unspecified atom stereocenters. The van der Waals surface area contributed by atoms with E-state index in [9.17, 15) is 9.00 Å². The summed E-state index contributed by atoms with van der Waals surface area (Å²) in [4.78, 5) is 12.7. The van der Waals surface area contributed by atoms with Crippen LogP contribution in [0, 0.1) is 5.92 Å². The van der Waals surface area contributed by atoms with Crippen molar-refractivity contribution in [2.24, 2.45) is 5.92 Å². The number of hydrogen-bond donors (Lipinski definition) is 0. The van der Waals surface area contributed by atoms with E-state index in [2.05, 4.69) is 22.9 Å². The van der Waals surface area contributed by atoms with Gasteiger partial charge in [-0.2, -0.15) is 0 Å². The van der Waals surface area contributed by atoms with Crippen molar-refractivity contribution in [2.75, 3.05) is 5.75 Å². The Morgan fingerprint density at radius 2 is 2.33 bits per heavy atom. The van der Waals surface area contributed by atoms with Crippen LogP contribution in [0.2, 0.25) is 0 Å². The number of Topliss-reactive ketones (excluding diaryl/α,β-unsaturated/α-hetero) is 1. The third kappa shape index (κ3) is 3.52. The fourth-order valence-electron chi connectivity index (χ4n) is 2.42. The van der Waals surface area contributed by atoms with Crippen molar-refractivity contribution in [3.05, 3.63) is 20.8 Å². The van der Waals surface area contributed by atoms with Gasteiger partial charge in [-0.3, -0.25) is 9.00 Å². The van der Waals surface area contributed by atoms with Crippen LogP contribution in [0.25, 0.3) is 0 Å². The van der Waals surface area contributed by atoms with Crippen LogP contribution < -0.4 is 0 Å². The molecule has 3 atom stereocenters. The van der Waals surface area contributed by atoms with E-state index in [0.29, 0.717) is 10.8 Å². The number of hydrogen-bond acceptors (Lipinski definition) is 3. The number of ketones is 1. The maximum atomic E-state index is 12.2. The minimum absolute atomic E-state index is 0.00781. The summed E-state index contributed by atoms with van der Waals surface area (Å²) in [7, 11) is -1.01. The molecule has 1 heterocycles. The number of carbonyl (C=O) groups excluding carboxylic acids is 1. The van der Waals surface area contributed by atoms with E-state index in [-0.39, 0.29) is 16.8 Å². The van der Waals surface area contributed by atoms with Gasteiger partial charge in [0.2, 0.25) is 0 Å². The van der Waals surface area contributed by atoms with Gasteiger partial charge in [-0.15, -0.1) is 11.3 Å². The first-order valence-electron chi connectivity index (χ1n) is 6.21. The molecule has 2 rings (SSSR count). The van der Waals surface area contributed by atoms with Crippen molar-refractivity contribution in [2.45, 2.75) is 37.9 Å². The summed E-state index contributed by atoms with van der Waals surface area (Å²) in [6, 6.07) is 1.86. The number of rotatable bonds is 4. The van der Waals surface area contributed by atoms with E-state index >= 15 is 0 Å². The van der Waals surface area contributed by atoms with E-state index in [0.717, 1.165) is 23.7 Å². The van der Waals surface area contributed by atoms with E-state index in [1.165, 1.54) is 17.8 Å². The molecule has 1 aliphatic rings. The van der Waals surface area contributed by atoms with Crippen molar-refractivity contribution in [1.82, 2.24) is 0 Å². The van der Waals surface area contributed by atoms with Gasteiger partial charge in [0.05, 0.1) is 10.6 Å². The minimum Gasteiger partial charge on any atom is -0.292 e. The average molecular weight is 349 g/mol. The first-order valence-corrected chi connectivity index (χ1v) is 9.26. The maximum Gasteiger partial charge on any atom is 0.186 e. The highest BCUT2D eigenvalue weighted by Crippen LogP contribution is 2.28. The molecule has 0 bridgehead atoms. The first-order chi connectivity index (χ1) is 8.58. The van der Waals surface area contributed by atoms with Gasteiger partial charge >= 0.3 is 0 Å². The Hall–Kier alpha value is -0.000000000000000111. The Morgan fingerprint density at radius 3 is 2.94 bits per heavy atom. The minimum atomic E-state index is -1.01. The summed E-state index contributed by atoms with van der Waals surface area (Å²) >= 11 is 4.77. The van der Waals surface area contributed by atoms with Crippen LogP contribution >= 0.6 is 27.3 Å². The van der Waals surface area contributed by atoms with Gasteiger partial charge in [0.1, 0.15) is 0 Å². The first kappa shape index (κ1) is 14.4. The SMILES string of the molecule is CC1CCCC(S(=O)CC(=O)c2sccc2Br)C1. The second-order valence-corrected chi connectivity index (χ2v) is 8.43. The van der Waals surface area contributed by atoms with Crippen LogP contribution in [0.4, 0.5) is 0 Å². The molecule has 0 aromatic carbocycles. The molecule has 1 aromatic rings. The normalized spacial score (nSPS) is 25.9. The molecule has 1 fully saturated rings. The van der Waals surface area contributed by atoms with Crippen LogP contribution in [-0.2, 0) is 10.8 Å². The van der Waals surface area contributed by atoms with Gasteiger partial charge in [0.15, 0.2) is 5.78 Å². The molecular weight excluding hydrogens is 332 g/mol. The lowest BCUT2D eigenvalue weighted by Gasteiger charge is -2.25. The van der Waals surface area contributed by atoms with Crippen LogP contribution in [0.3, 0.4) is 0 Å². The number of halogens is 1. The quantitative estimate of drug-likeness (QED) is 0.770. The third-order valence-corrected chi connectivity index (χ3v) is 7.00. The zero-order valence-corrected chi connectivity index (χ0v) is 13.6. The molecule has 0 radical (unpaired) electrons. The van der Waals surface area contributed by atoms with Gasteiger partial charge in [0.25, 0.3) is 0 Å². The molecule has 0 saturated heterocycles. The largest absolute Gasteiger partial charge is 0.292 e. The zero-order chi connectivity index (χ0) is 13.1. The second kappa shape index (κ2) is 6.44. The molecule has 2 nitrogen and oxygen atoms in total. The lowest BCUT2D eigenvalue weighted by molar-refractivity contribution is 0.102. The molecule has 5 heteroatoms. The highest BCUT2D eigenvalue weighted by atomic mass is 79.9. The number of thiophene rings is 1. The molecule has 0 spiro atoms. The van der Waals surface area contributed by atoms with Crippen LogP contribution in [0.1, 0.15) is 42.3 Å². The average Bonchev–Trinajstić information content (AvgIpc) is 2.75. The van der Waals surface area contributed by atoms with E-state index in [1.807, 2.05) is 11.4 Å². The smallest absolute Gasteiger partial charge is 0.186 e. The van der Waals surface area contributed by atoms with Crippen molar-refractivity contribution in [1.29, 1.82) is 0 Å². The van der Waals surface area contributed by atoms with Crippen molar-refractivity contribution >= 4 is 43.8 Å². The Kier molecular flexibility index (Phi) is 5.15. The fourth-order valence-corrected chi connectivity index (χ4v) is 5.66. The third-order valence-electron chi connectivity index (χ3n) is 3.40. The fraction of sp³-hybridized carbons (Fsp3) is 0.615. The zero-order valence-electron chi connectivity index (χ0n) is 10.4. The number of carbonyl (C=O) groups is 1. The Morgan fingerprint density at radius 1 is 1.56 bits per heavy atom. The van der Waals surface area contributed by atoms with E-state index in [4.69, 9.17) is 0 Å². The Bertz CT molecular complexity index is 456. The van der Waals surface area contributed by atoms with Crippen molar-refractivity contribution < 1.29 is 9.00 Å². The van der Waals surface area contributed by atoms with Crippen molar-refractivity contribution in [3.63, 3.8) is 0 Å². The predicted molar refractivity (Wildman–Crippen MR) is 80.8 cm³/mol. The second-order valence-electron chi connectivity index (χ2n) is 4.94. The monoisotopic (exact) mass is 348 g/mol. The molecule has 0 N–H and O–H groups in total. The highest BCUT2D eigenvalue weighted by Gasteiger charge is 2.26. The molecular formula is C13H17BrO2S2. The molecule has 0 amide bonds. The highest BCUT2D eigenvalue weighted by molar-refractivity contribution is 9.10. The molecule has 1 saturated carbocycles. The van der Waals surface area contributed by atoms with Crippen LogP contribution in [0.5, 0.6) is 0 Å². The standard InChI is InChI=1S/C13H17BrO2S2/c1-9-3-2-4-10(7-9)18(16)8-12(15)13-11(14)5-6-17-13/h5-6,9-10H,2-4,7-8H2,1H3. The Balaban J connectivity index is 1.95. The van der Waals surface area contributed by atoms with Gasteiger partial charge in [0, 0.05) is 20.5 Å².